The molecule has 1 aromatic rings. The highest BCUT2D eigenvalue weighted by Gasteiger charge is 2.29. The molecule has 0 aliphatic carbocycles. The molecule has 5 heteroatoms. The first-order valence-electron chi connectivity index (χ1n) is 7.41. The lowest BCUT2D eigenvalue weighted by atomic mass is 10.1. The molecule has 0 aliphatic rings. The van der Waals surface area contributed by atoms with Crippen LogP contribution in [-0.4, -0.2) is 17.4 Å². The first-order chi connectivity index (χ1) is 9.90. The van der Waals surface area contributed by atoms with Gasteiger partial charge in [-0.15, -0.1) is 10.3 Å². The van der Waals surface area contributed by atoms with Gasteiger partial charge in [0.05, 0.1) is 6.04 Å². The summed E-state index contributed by atoms with van der Waals surface area (Å²) >= 11 is -1.25. The van der Waals surface area contributed by atoms with Gasteiger partial charge in [0.1, 0.15) is 18.6 Å². The normalized spacial score (nSPS) is 15.0. The second kappa shape index (κ2) is 7.18. The van der Waals surface area contributed by atoms with Crippen LogP contribution in [0, 0.1) is 17.3 Å². The molecule has 0 heterocycles. The molecular weight excluding hydrogens is 313 g/mol. The summed E-state index contributed by atoms with van der Waals surface area (Å²) < 4.78 is 28.8. The zero-order valence-corrected chi connectivity index (χ0v) is 16.3. The van der Waals surface area contributed by atoms with E-state index < -0.39 is 19.4 Å². The maximum Gasteiger partial charge on any atom is 0.136 e. The molecule has 0 saturated carbocycles. The van der Waals surface area contributed by atoms with Crippen molar-refractivity contribution < 1.29 is 8.94 Å². The van der Waals surface area contributed by atoms with Crippen LogP contribution in [0.1, 0.15) is 44.9 Å². The minimum absolute atomic E-state index is 0.301. The van der Waals surface area contributed by atoms with Gasteiger partial charge in [-0.2, -0.15) is 0 Å². The lowest BCUT2D eigenvalue weighted by Crippen LogP contribution is -2.40. The summed E-state index contributed by atoms with van der Waals surface area (Å²) in [4.78, 5) is 0. The van der Waals surface area contributed by atoms with E-state index >= 15 is 0 Å². The van der Waals surface area contributed by atoms with Crippen LogP contribution in [0.5, 0.6) is 0 Å². The van der Waals surface area contributed by atoms with E-state index in [1.54, 1.807) is 12.1 Å². The van der Waals surface area contributed by atoms with Crippen molar-refractivity contribution in [3.8, 4) is 11.5 Å². The molecular formula is C17H26FNOSSi. The monoisotopic (exact) mass is 339 g/mol. The Hall–Kier alpha value is -0.803. The van der Waals surface area contributed by atoms with Gasteiger partial charge in [-0.1, -0.05) is 25.6 Å². The molecule has 0 unspecified atom stereocenters. The van der Waals surface area contributed by atoms with Gasteiger partial charge in [0, 0.05) is 22.5 Å². The zero-order chi connectivity index (χ0) is 17.1. The van der Waals surface area contributed by atoms with Gasteiger partial charge >= 0.3 is 0 Å². The summed E-state index contributed by atoms with van der Waals surface area (Å²) in [6.45, 7) is 14.0. The van der Waals surface area contributed by atoms with Gasteiger partial charge in [0.15, 0.2) is 0 Å². The highest BCUT2D eigenvalue weighted by molar-refractivity contribution is 7.90. The molecule has 0 bridgehead atoms. The van der Waals surface area contributed by atoms with E-state index in [2.05, 4.69) is 35.8 Å². The number of benzene rings is 1. The first-order valence-corrected chi connectivity index (χ1v) is 12.1. The summed E-state index contributed by atoms with van der Waals surface area (Å²) in [5.74, 6) is 2.83. The minimum Gasteiger partial charge on any atom is -0.598 e. The Morgan fingerprint density at radius 1 is 1.27 bits per heavy atom. The quantitative estimate of drug-likeness (QED) is 0.510. The maximum absolute atomic E-state index is 14.1. The Bertz CT molecular complexity index is 581. The summed E-state index contributed by atoms with van der Waals surface area (Å²) in [6, 6.07) is 4.54. The van der Waals surface area contributed by atoms with E-state index in [1.165, 1.54) is 6.07 Å². The van der Waals surface area contributed by atoms with Crippen molar-refractivity contribution in [3.05, 3.63) is 35.1 Å². The fraction of sp³-hybridized carbons (Fsp3) is 0.529. The van der Waals surface area contributed by atoms with Crippen molar-refractivity contribution in [3.63, 3.8) is 0 Å². The second-order valence-corrected chi connectivity index (χ2v) is 14.2. The first kappa shape index (κ1) is 19.2. The Kier molecular flexibility index (Phi) is 6.28. The van der Waals surface area contributed by atoms with Crippen LogP contribution in [0.2, 0.25) is 19.6 Å². The molecule has 0 saturated heterocycles. The summed E-state index contributed by atoms with van der Waals surface area (Å²) in [6.07, 6.45) is 0. The second-order valence-electron chi connectivity index (χ2n) is 7.46. The standard InChI is InChI=1S/C17H26FNOSSi/c1-13(19-21(20)17(2,3)4)15-12-14(8-9-16(15)18)10-11-22(5,6)7/h8-9,12-13,19H,1-7H3/t13-,21+/m1/s1. The number of nitrogens with one attached hydrogen (secondary N) is 1. The van der Waals surface area contributed by atoms with Crippen molar-refractivity contribution in [2.75, 3.05) is 0 Å². The third-order valence-corrected chi connectivity index (χ3v) is 5.44. The van der Waals surface area contributed by atoms with Crippen LogP contribution in [0.4, 0.5) is 4.39 Å². The molecule has 2 atom stereocenters. The SMILES string of the molecule is C[C@@H](N[S@@+]([O-])C(C)(C)C)c1cc(C#C[Si](C)(C)C)ccc1F. The average Bonchev–Trinajstić information content (AvgIpc) is 2.35. The van der Waals surface area contributed by atoms with Crippen LogP contribution in [0.15, 0.2) is 18.2 Å². The van der Waals surface area contributed by atoms with E-state index in [9.17, 15) is 8.94 Å². The lowest BCUT2D eigenvalue weighted by Gasteiger charge is -2.26. The smallest absolute Gasteiger partial charge is 0.136 e. The van der Waals surface area contributed by atoms with Crippen molar-refractivity contribution in [2.24, 2.45) is 0 Å². The molecule has 0 fully saturated rings. The highest BCUT2D eigenvalue weighted by Crippen LogP contribution is 2.22. The maximum atomic E-state index is 14.1. The van der Waals surface area contributed by atoms with Crippen molar-refractivity contribution in [1.82, 2.24) is 4.72 Å². The molecule has 22 heavy (non-hydrogen) atoms. The summed E-state index contributed by atoms with van der Waals surface area (Å²) in [5, 5.41) is 0. The van der Waals surface area contributed by atoms with E-state index in [0.29, 0.717) is 5.56 Å². The summed E-state index contributed by atoms with van der Waals surface area (Å²) in [7, 11) is -1.47. The number of halogens is 1. The van der Waals surface area contributed by atoms with E-state index in [1.807, 2.05) is 27.7 Å². The highest BCUT2D eigenvalue weighted by atomic mass is 32.2. The summed E-state index contributed by atoms with van der Waals surface area (Å²) in [5.41, 5.74) is 4.57. The Morgan fingerprint density at radius 2 is 1.86 bits per heavy atom. The zero-order valence-electron chi connectivity index (χ0n) is 14.5. The minimum atomic E-state index is -1.47. The Balaban J connectivity index is 3.01. The molecule has 0 aromatic heterocycles. The molecule has 0 amide bonds. The third-order valence-electron chi connectivity index (χ3n) is 2.88. The Labute approximate surface area is 138 Å². The van der Waals surface area contributed by atoms with Gasteiger partial charge in [0.2, 0.25) is 0 Å². The van der Waals surface area contributed by atoms with E-state index in [0.717, 1.165) is 5.56 Å². The Morgan fingerprint density at radius 3 is 2.36 bits per heavy atom. The molecule has 1 aromatic carbocycles. The van der Waals surface area contributed by atoms with Crippen molar-refractivity contribution >= 4 is 19.4 Å². The van der Waals surface area contributed by atoms with Gasteiger partial charge < -0.3 is 4.55 Å². The number of hydrogen-bond donors (Lipinski definition) is 1. The largest absolute Gasteiger partial charge is 0.598 e. The van der Waals surface area contributed by atoms with Gasteiger partial charge in [-0.05, 0) is 45.9 Å². The van der Waals surface area contributed by atoms with Crippen LogP contribution in [-0.2, 0) is 11.4 Å². The molecule has 0 spiro atoms. The van der Waals surface area contributed by atoms with Crippen molar-refractivity contribution in [2.45, 2.75) is 58.1 Å². The molecule has 1 rings (SSSR count). The molecule has 0 aliphatic heterocycles. The van der Waals surface area contributed by atoms with Crippen LogP contribution >= 0.6 is 0 Å². The average molecular weight is 340 g/mol. The fourth-order valence-electron chi connectivity index (χ4n) is 1.61. The number of hydrogen-bond acceptors (Lipinski definition) is 2. The van der Waals surface area contributed by atoms with Crippen LogP contribution in [0.3, 0.4) is 0 Å². The van der Waals surface area contributed by atoms with E-state index in [-0.39, 0.29) is 16.6 Å². The topological polar surface area (TPSA) is 35.1 Å². The third kappa shape index (κ3) is 6.13. The lowest BCUT2D eigenvalue weighted by molar-refractivity contribution is 0.522. The molecule has 0 radical (unpaired) electrons. The molecule has 2 nitrogen and oxygen atoms in total. The number of rotatable bonds is 3. The van der Waals surface area contributed by atoms with Gasteiger partial charge in [-0.3, -0.25) is 0 Å². The van der Waals surface area contributed by atoms with Gasteiger partial charge in [-0.25, -0.2) is 4.39 Å². The fourth-order valence-corrected chi connectivity index (χ4v) is 2.93. The van der Waals surface area contributed by atoms with E-state index in [4.69, 9.17) is 0 Å². The predicted molar refractivity (Wildman–Crippen MR) is 96.1 cm³/mol. The van der Waals surface area contributed by atoms with Crippen LogP contribution < -0.4 is 4.72 Å². The molecule has 1 N–H and O–H groups in total. The van der Waals surface area contributed by atoms with Crippen LogP contribution in [0.25, 0.3) is 0 Å². The molecule has 122 valence electrons. The van der Waals surface area contributed by atoms with Crippen molar-refractivity contribution in [1.29, 1.82) is 0 Å². The predicted octanol–water partition coefficient (Wildman–Crippen LogP) is 4.17. The van der Waals surface area contributed by atoms with Gasteiger partial charge in [0.25, 0.3) is 0 Å².